The Bertz CT molecular complexity index is 652. The van der Waals surface area contributed by atoms with E-state index < -0.39 is 17.5 Å². The molecule has 23 heavy (non-hydrogen) atoms. The Morgan fingerprint density at radius 1 is 1.35 bits per heavy atom. The van der Waals surface area contributed by atoms with Gasteiger partial charge in [-0.1, -0.05) is 0 Å². The number of carbonyl (C=O) groups is 1. The first-order valence-corrected chi connectivity index (χ1v) is 7.20. The van der Waals surface area contributed by atoms with E-state index in [4.69, 9.17) is 4.74 Å². The fourth-order valence-electron chi connectivity index (χ4n) is 1.82. The summed E-state index contributed by atoms with van der Waals surface area (Å²) < 4.78 is 20.5. The van der Waals surface area contributed by atoms with Gasteiger partial charge in [-0.05, 0) is 39.0 Å². The zero-order chi connectivity index (χ0) is 16.9. The van der Waals surface area contributed by atoms with E-state index in [0.717, 1.165) is 0 Å². The number of hydrogen-bond acceptors (Lipinski definition) is 5. The second-order valence-electron chi connectivity index (χ2n) is 5.86. The number of halogens is 1. The van der Waals surface area contributed by atoms with Gasteiger partial charge in [-0.25, -0.2) is 18.9 Å². The van der Waals surface area contributed by atoms with Crippen molar-refractivity contribution in [2.24, 2.45) is 0 Å². The van der Waals surface area contributed by atoms with Crippen LogP contribution in [0.25, 0.3) is 5.69 Å². The minimum Gasteiger partial charge on any atom is -0.444 e. The Kier molecular flexibility index (Phi) is 5.15. The molecule has 0 aliphatic carbocycles. The fourth-order valence-corrected chi connectivity index (χ4v) is 1.82. The van der Waals surface area contributed by atoms with Crippen molar-refractivity contribution in [3.8, 4) is 5.69 Å². The number of nitrogens with zero attached hydrogens (tertiary/aromatic N) is 3. The van der Waals surface area contributed by atoms with E-state index in [9.17, 15) is 9.18 Å². The van der Waals surface area contributed by atoms with E-state index in [-0.39, 0.29) is 0 Å². The molecule has 0 spiro atoms. The minimum atomic E-state index is -0.530. The van der Waals surface area contributed by atoms with Crippen molar-refractivity contribution in [1.82, 2.24) is 20.1 Å². The van der Waals surface area contributed by atoms with Crippen LogP contribution in [-0.2, 0) is 4.74 Å². The number of alkyl carbamates (subject to hydrolysis) is 1. The highest BCUT2D eigenvalue weighted by atomic mass is 19.1. The third-order valence-electron chi connectivity index (χ3n) is 2.74. The van der Waals surface area contributed by atoms with Crippen molar-refractivity contribution in [2.45, 2.75) is 26.4 Å². The van der Waals surface area contributed by atoms with E-state index in [1.54, 1.807) is 32.9 Å². The number of anilines is 1. The van der Waals surface area contributed by atoms with Gasteiger partial charge in [-0.3, -0.25) is 0 Å². The van der Waals surface area contributed by atoms with E-state index >= 15 is 0 Å². The molecule has 2 N–H and O–H groups in total. The summed E-state index contributed by atoms with van der Waals surface area (Å²) in [5.41, 5.74) is 0.398. The van der Waals surface area contributed by atoms with Crippen LogP contribution in [0.4, 0.5) is 14.9 Å². The number of aromatic nitrogens is 3. The Balaban J connectivity index is 1.81. The molecule has 1 aromatic heterocycles. The van der Waals surface area contributed by atoms with Crippen molar-refractivity contribution >= 4 is 11.8 Å². The van der Waals surface area contributed by atoms with Gasteiger partial charge in [0.15, 0.2) is 5.82 Å². The first-order chi connectivity index (χ1) is 10.8. The minimum absolute atomic E-state index is 0.319. The molecule has 0 aliphatic rings. The Labute approximate surface area is 133 Å². The summed E-state index contributed by atoms with van der Waals surface area (Å²) in [6, 6.07) is 4.70. The van der Waals surface area contributed by atoms with Crippen molar-refractivity contribution < 1.29 is 13.9 Å². The van der Waals surface area contributed by atoms with Crippen LogP contribution in [0.5, 0.6) is 0 Å². The number of benzene rings is 1. The maximum atomic E-state index is 14.0. The molecule has 0 fully saturated rings. The number of carbonyl (C=O) groups excluding carboxylic acids is 1. The van der Waals surface area contributed by atoms with Crippen LogP contribution in [0.3, 0.4) is 0 Å². The van der Waals surface area contributed by atoms with Gasteiger partial charge in [-0.15, -0.1) is 0 Å². The average Bonchev–Trinajstić information content (AvgIpc) is 2.95. The standard InChI is InChI=1S/C15H20FN5O2/c1-15(2,3)23-14(22)19-7-6-18-11-4-5-13(12(16)8-11)21-10-17-9-20-21/h4-5,8-10,18H,6-7H2,1-3H3,(H,19,22). The molecule has 2 rings (SSSR count). The Morgan fingerprint density at radius 2 is 2.13 bits per heavy atom. The number of nitrogens with one attached hydrogen (secondary N) is 2. The molecular weight excluding hydrogens is 301 g/mol. The predicted molar refractivity (Wildman–Crippen MR) is 84.0 cm³/mol. The van der Waals surface area contributed by atoms with Gasteiger partial charge in [0.1, 0.15) is 23.9 Å². The van der Waals surface area contributed by atoms with Crippen LogP contribution >= 0.6 is 0 Å². The maximum absolute atomic E-state index is 14.0. The molecule has 0 aliphatic heterocycles. The smallest absolute Gasteiger partial charge is 0.407 e. The molecule has 2 aromatic rings. The normalized spacial score (nSPS) is 11.1. The number of ether oxygens (including phenoxy) is 1. The molecule has 0 unspecified atom stereocenters. The molecule has 7 nitrogen and oxygen atoms in total. The SMILES string of the molecule is CC(C)(C)OC(=O)NCCNc1ccc(-n2cncn2)c(F)c1. The molecule has 0 saturated carbocycles. The third kappa shape index (κ3) is 5.24. The first-order valence-electron chi connectivity index (χ1n) is 7.20. The first kappa shape index (κ1) is 16.7. The van der Waals surface area contributed by atoms with Gasteiger partial charge in [-0.2, -0.15) is 5.10 Å². The lowest BCUT2D eigenvalue weighted by Gasteiger charge is -2.19. The van der Waals surface area contributed by atoms with E-state index in [0.29, 0.717) is 24.5 Å². The molecule has 0 saturated heterocycles. The maximum Gasteiger partial charge on any atom is 0.407 e. The van der Waals surface area contributed by atoms with Crippen LogP contribution < -0.4 is 10.6 Å². The van der Waals surface area contributed by atoms with Crippen LogP contribution in [0, 0.1) is 5.82 Å². The van der Waals surface area contributed by atoms with Gasteiger partial charge in [0.2, 0.25) is 0 Å². The van der Waals surface area contributed by atoms with E-state index in [2.05, 4.69) is 20.7 Å². The molecule has 1 aromatic carbocycles. The van der Waals surface area contributed by atoms with Gasteiger partial charge in [0, 0.05) is 18.8 Å². The van der Waals surface area contributed by atoms with Gasteiger partial charge >= 0.3 is 6.09 Å². The largest absolute Gasteiger partial charge is 0.444 e. The quantitative estimate of drug-likeness (QED) is 0.826. The van der Waals surface area contributed by atoms with Crippen LogP contribution in [0.15, 0.2) is 30.9 Å². The third-order valence-corrected chi connectivity index (χ3v) is 2.74. The second-order valence-corrected chi connectivity index (χ2v) is 5.86. The summed E-state index contributed by atoms with van der Waals surface area (Å²) in [6.07, 6.45) is 2.29. The average molecular weight is 321 g/mol. The Hall–Kier alpha value is -2.64. The summed E-state index contributed by atoms with van der Waals surface area (Å²) in [5.74, 6) is -0.416. The Morgan fingerprint density at radius 3 is 2.74 bits per heavy atom. The summed E-state index contributed by atoms with van der Waals surface area (Å²) in [5, 5.41) is 9.52. The lowest BCUT2D eigenvalue weighted by atomic mass is 10.2. The van der Waals surface area contributed by atoms with Crippen molar-refractivity contribution in [3.63, 3.8) is 0 Å². The zero-order valence-electron chi connectivity index (χ0n) is 13.3. The molecule has 1 amide bonds. The molecule has 0 radical (unpaired) electrons. The van der Waals surface area contributed by atoms with E-state index in [1.807, 2.05) is 0 Å². The molecule has 1 heterocycles. The lowest BCUT2D eigenvalue weighted by Crippen LogP contribution is -2.35. The summed E-state index contributed by atoms with van der Waals surface area (Å²) >= 11 is 0. The molecule has 0 bridgehead atoms. The molecule has 8 heteroatoms. The topological polar surface area (TPSA) is 81.1 Å². The van der Waals surface area contributed by atoms with Crippen LogP contribution in [0.2, 0.25) is 0 Å². The van der Waals surface area contributed by atoms with Gasteiger partial charge < -0.3 is 15.4 Å². The number of hydrogen-bond donors (Lipinski definition) is 2. The lowest BCUT2D eigenvalue weighted by molar-refractivity contribution is 0.0530. The fraction of sp³-hybridized carbons (Fsp3) is 0.400. The number of rotatable bonds is 5. The summed E-state index contributed by atoms with van der Waals surface area (Å²) in [4.78, 5) is 15.2. The predicted octanol–water partition coefficient (Wildman–Crippen LogP) is 2.34. The highest BCUT2D eigenvalue weighted by molar-refractivity contribution is 5.67. The zero-order valence-corrected chi connectivity index (χ0v) is 13.3. The summed E-state index contributed by atoms with van der Waals surface area (Å²) in [7, 11) is 0. The van der Waals surface area contributed by atoms with E-state index in [1.165, 1.54) is 23.4 Å². The van der Waals surface area contributed by atoms with Gasteiger partial charge in [0.05, 0.1) is 0 Å². The molecular formula is C15H20FN5O2. The van der Waals surface area contributed by atoms with Crippen LogP contribution in [0.1, 0.15) is 20.8 Å². The van der Waals surface area contributed by atoms with Crippen molar-refractivity contribution in [2.75, 3.05) is 18.4 Å². The highest BCUT2D eigenvalue weighted by Crippen LogP contribution is 2.17. The highest BCUT2D eigenvalue weighted by Gasteiger charge is 2.15. The molecule has 0 atom stereocenters. The van der Waals surface area contributed by atoms with Crippen molar-refractivity contribution in [1.29, 1.82) is 0 Å². The monoisotopic (exact) mass is 321 g/mol. The second kappa shape index (κ2) is 7.08. The van der Waals surface area contributed by atoms with Gasteiger partial charge in [0.25, 0.3) is 0 Å². The summed E-state index contributed by atoms with van der Waals surface area (Å²) in [6.45, 7) is 6.20. The van der Waals surface area contributed by atoms with Crippen molar-refractivity contribution in [3.05, 3.63) is 36.7 Å². The van der Waals surface area contributed by atoms with Crippen LogP contribution in [-0.4, -0.2) is 39.5 Å². The molecule has 124 valence electrons. The number of amides is 1.